The molecule has 0 spiro atoms. The Balaban J connectivity index is 1.80. The molecule has 0 aliphatic carbocycles. The van der Waals surface area contributed by atoms with E-state index in [0.29, 0.717) is 35.1 Å². The van der Waals surface area contributed by atoms with E-state index in [1.165, 1.54) is 7.11 Å². The molecule has 32 heavy (non-hydrogen) atoms. The van der Waals surface area contributed by atoms with Crippen LogP contribution in [0.15, 0.2) is 54.6 Å². The minimum Gasteiger partial charge on any atom is -0.493 e. The highest BCUT2D eigenvalue weighted by atomic mass is 35.5. The highest BCUT2D eigenvalue weighted by Gasteiger charge is 2.34. The molecule has 1 N–H and O–H groups in total. The third-order valence-corrected chi connectivity index (χ3v) is 5.85. The largest absolute Gasteiger partial charge is 0.493 e. The summed E-state index contributed by atoms with van der Waals surface area (Å²) in [5, 5.41) is 2.98. The summed E-state index contributed by atoms with van der Waals surface area (Å²) in [6, 6.07) is 12.7. The van der Waals surface area contributed by atoms with E-state index in [1.54, 1.807) is 24.1 Å². The van der Waals surface area contributed by atoms with Crippen molar-refractivity contribution in [1.29, 1.82) is 0 Å². The van der Waals surface area contributed by atoms with Crippen molar-refractivity contribution in [2.75, 3.05) is 26.1 Å². The lowest BCUT2D eigenvalue weighted by Gasteiger charge is -2.38. The molecule has 0 saturated carbocycles. The maximum atomic E-state index is 14.2. The number of ether oxygens (including phenoxy) is 2. The molecule has 1 atom stereocenters. The second-order valence-electron chi connectivity index (χ2n) is 7.33. The number of urea groups is 1. The average Bonchev–Trinajstić information content (AvgIpc) is 2.80. The van der Waals surface area contributed by atoms with Gasteiger partial charge in [0.1, 0.15) is 11.6 Å². The van der Waals surface area contributed by atoms with Crippen LogP contribution in [-0.4, -0.2) is 31.7 Å². The fourth-order valence-electron chi connectivity index (χ4n) is 3.98. The van der Waals surface area contributed by atoms with Gasteiger partial charge in [-0.05, 0) is 53.4 Å². The summed E-state index contributed by atoms with van der Waals surface area (Å²) in [4.78, 5) is 14.8. The summed E-state index contributed by atoms with van der Waals surface area (Å²) < 4.78 is 38.7. The Labute approximate surface area is 189 Å². The molecule has 2 amide bonds. The van der Waals surface area contributed by atoms with E-state index < -0.39 is 23.7 Å². The lowest BCUT2D eigenvalue weighted by atomic mass is 9.87. The van der Waals surface area contributed by atoms with Crippen LogP contribution in [0.3, 0.4) is 0 Å². The van der Waals surface area contributed by atoms with Crippen LogP contribution in [0.2, 0.25) is 5.02 Å². The van der Waals surface area contributed by atoms with Crippen molar-refractivity contribution in [2.24, 2.45) is 0 Å². The van der Waals surface area contributed by atoms with Crippen LogP contribution in [0.25, 0.3) is 0 Å². The van der Waals surface area contributed by atoms with Gasteiger partial charge in [0, 0.05) is 17.6 Å². The maximum Gasteiger partial charge on any atom is 0.322 e. The first-order chi connectivity index (χ1) is 15.4. The zero-order chi connectivity index (χ0) is 22.8. The van der Waals surface area contributed by atoms with Crippen LogP contribution in [0, 0.1) is 11.6 Å². The number of rotatable bonds is 4. The molecule has 0 radical (unpaired) electrons. The first-order valence-corrected chi connectivity index (χ1v) is 10.3. The van der Waals surface area contributed by atoms with Crippen LogP contribution in [0.5, 0.6) is 11.5 Å². The lowest BCUT2D eigenvalue weighted by Crippen LogP contribution is -2.43. The number of hydrogen-bond acceptors (Lipinski definition) is 3. The van der Waals surface area contributed by atoms with Crippen LogP contribution < -0.4 is 14.8 Å². The monoisotopic (exact) mass is 458 g/mol. The summed E-state index contributed by atoms with van der Waals surface area (Å²) in [6.07, 6.45) is 0.537. The van der Waals surface area contributed by atoms with Gasteiger partial charge in [-0.1, -0.05) is 29.8 Å². The van der Waals surface area contributed by atoms with Crippen LogP contribution in [0.1, 0.15) is 22.7 Å². The molecule has 0 saturated heterocycles. The van der Waals surface area contributed by atoms with Crippen molar-refractivity contribution in [1.82, 2.24) is 4.90 Å². The molecule has 8 heteroatoms. The lowest BCUT2D eigenvalue weighted by molar-refractivity contribution is 0.193. The second kappa shape index (κ2) is 9.04. The van der Waals surface area contributed by atoms with Crippen molar-refractivity contribution in [3.05, 3.63) is 87.9 Å². The third kappa shape index (κ3) is 4.08. The molecule has 3 aromatic carbocycles. The molecular weight excluding hydrogens is 438 g/mol. The Morgan fingerprint density at radius 2 is 1.75 bits per heavy atom. The number of carbonyl (C=O) groups excluding carboxylic acids is 1. The molecule has 1 aliphatic rings. The van der Waals surface area contributed by atoms with E-state index in [-0.39, 0.29) is 5.69 Å². The topological polar surface area (TPSA) is 50.8 Å². The Bertz CT molecular complexity index is 1170. The average molecular weight is 459 g/mol. The van der Waals surface area contributed by atoms with Gasteiger partial charge in [-0.25, -0.2) is 13.6 Å². The van der Waals surface area contributed by atoms with Gasteiger partial charge in [0.15, 0.2) is 11.5 Å². The molecule has 1 heterocycles. The summed E-state index contributed by atoms with van der Waals surface area (Å²) in [6.45, 7) is 0.334. The number of nitrogens with zero attached hydrogens (tertiary/aromatic N) is 1. The molecule has 3 aromatic rings. The van der Waals surface area contributed by atoms with E-state index >= 15 is 0 Å². The molecule has 166 valence electrons. The Morgan fingerprint density at radius 1 is 1.03 bits per heavy atom. The zero-order valence-corrected chi connectivity index (χ0v) is 18.2. The molecule has 0 bridgehead atoms. The number of benzene rings is 3. The van der Waals surface area contributed by atoms with Gasteiger partial charge in [0.2, 0.25) is 0 Å². The summed E-state index contributed by atoms with van der Waals surface area (Å²) >= 11 is 6.51. The quantitative estimate of drug-likeness (QED) is 0.536. The zero-order valence-electron chi connectivity index (χ0n) is 17.5. The predicted octanol–water partition coefficient (Wildman–Crippen LogP) is 5.82. The van der Waals surface area contributed by atoms with Crippen LogP contribution in [0.4, 0.5) is 19.3 Å². The van der Waals surface area contributed by atoms with Crippen molar-refractivity contribution < 1.29 is 23.0 Å². The maximum absolute atomic E-state index is 14.2. The molecule has 5 nitrogen and oxygen atoms in total. The Hall–Kier alpha value is -3.32. The number of halogens is 3. The molecule has 0 fully saturated rings. The number of anilines is 1. The molecule has 1 aliphatic heterocycles. The van der Waals surface area contributed by atoms with E-state index in [9.17, 15) is 13.6 Å². The number of carbonyl (C=O) groups is 1. The number of amides is 2. The van der Waals surface area contributed by atoms with Gasteiger partial charge in [0.05, 0.1) is 25.9 Å². The summed E-state index contributed by atoms with van der Waals surface area (Å²) in [5.74, 6) is -0.270. The van der Waals surface area contributed by atoms with E-state index in [1.807, 2.05) is 24.3 Å². The van der Waals surface area contributed by atoms with E-state index in [0.717, 1.165) is 29.3 Å². The molecular formula is C24H21ClF2N2O3. The normalized spacial score (nSPS) is 15.2. The molecule has 0 unspecified atom stereocenters. The third-order valence-electron chi connectivity index (χ3n) is 5.50. The van der Waals surface area contributed by atoms with Crippen molar-refractivity contribution in [3.8, 4) is 11.5 Å². The van der Waals surface area contributed by atoms with E-state index in [2.05, 4.69) is 5.32 Å². The Kier molecular flexibility index (Phi) is 6.19. The summed E-state index contributed by atoms with van der Waals surface area (Å²) in [7, 11) is 3.10. The van der Waals surface area contributed by atoms with Gasteiger partial charge in [-0.15, -0.1) is 0 Å². The fraction of sp³-hybridized carbons (Fsp3) is 0.208. The standard InChI is InChI=1S/C24H21ClF2N2O3/c1-31-21-11-14-9-10-29(24(30)28-20-12-15(26)7-8-19(20)27)23(17(14)13-22(21)32-2)16-5-3-4-6-18(16)25/h3-8,11-13,23H,9-10H2,1-2H3,(H,28,30)/t23-/m0/s1. The van der Waals surface area contributed by atoms with Gasteiger partial charge in [0.25, 0.3) is 0 Å². The smallest absolute Gasteiger partial charge is 0.322 e. The minimum absolute atomic E-state index is 0.231. The first-order valence-electron chi connectivity index (χ1n) is 9.94. The first kappa shape index (κ1) is 21.9. The van der Waals surface area contributed by atoms with Crippen molar-refractivity contribution >= 4 is 23.3 Å². The molecule has 4 rings (SSSR count). The SMILES string of the molecule is COc1cc2c(cc1OC)[C@H](c1ccccc1Cl)N(C(=O)Nc1cc(F)ccc1F)CC2. The van der Waals surface area contributed by atoms with Gasteiger partial charge < -0.3 is 19.7 Å². The highest BCUT2D eigenvalue weighted by molar-refractivity contribution is 6.31. The van der Waals surface area contributed by atoms with Crippen LogP contribution in [-0.2, 0) is 6.42 Å². The van der Waals surface area contributed by atoms with Gasteiger partial charge in [-0.3, -0.25) is 0 Å². The van der Waals surface area contributed by atoms with Crippen molar-refractivity contribution in [2.45, 2.75) is 12.5 Å². The summed E-state index contributed by atoms with van der Waals surface area (Å²) in [5.41, 5.74) is 2.27. The predicted molar refractivity (Wildman–Crippen MR) is 119 cm³/mol. The number of methoxy groups -OCH3 is 2. The minimum atomic E-state index is -0.724. The molecule has 0 aromatic heterocycles. The van der Waals surface area contributed by atoms with Crippen molar-refractivity contribution in [3.63, 3.8) is 0 Å². The number of nitrogens with one attached hydrogen (secondary N) is 1. The van der Waals surface area contributed by atoms with Crippen LogP contribution >= 0.6 is 11.6 Å². The highest BCUT2D eigenvalue weighted by Crippen LogP contribution is 2.43. The number of fused-ring (bicyclic) bond motifs is 1. The number of hydrogen-bond donors (Lipinski definition) is 1. The Morgan fingerprint density at radius 3 is 2.47 bits per heavy atom. The van der Waals surface area contributed by atoms with E-state index in [4.69, 9.17) is 21.1 Å². The van der Waals surface area contributed by atoms with Gasteiger partial charge in [-0.2, -0.15) is 0 Å². The second-order valence-corrected chi connectivity index (χ2v) is 7.73. The van der Waals surface area contributed by atoms with Gasteiger partial charge >= 0.3 is 6.03 Å². The fourth-order valence-corrected chi connectivity index (χ4v) is 4.22.